The fourth-order valence-electron chi connectivity index (χ4n) is 4.82. The summed E-state index contributed by atoms with van der Waals surface area (Å²) in [5, 5.41) is 5.58. The molecule has 0 radical (unpaired) electrons. The molecule has 3 unspecified atom stereocenters. The molecule has 0 saturated carbocycles. The molecule has 2 fully saturated rings. The fraction of sp³-hybridized carbons (Fsp3) is 0.652. The van der Waals surface area contributed by atoms with E-state index in [0.717, 1.165) is 5.56 Å². The third-order valence-corrected chi connectivity index (χ3v) is 6.73. The summed E-state index contributed by atoms with van der Waals surface area (Å²) in [7, 11) is 0. The second kappa shape index (κ2) is 10.4. The summed E-state index contributed by atoms with van der Waals surface area (Å²) in [6, 6.07) is 2.43. The van der Waals surface area contributed by atoms with Crippen molar-refractivity contribution in [2.24, 2.45) is 0 Å². The van der Waals surface area contributed by atoms with Crippen molar-refractivity contribution in [3.8, 4) is 0 Å². The van der Waals surface area contributed by atoms with Crippen LogP contribution >= 0.6 is 0 Å². The number of ether oxygens (including phenoxy) is 1. The number of amides is 2. The van der Waals surface area contributed by atoms with Crippen LogP contribution in [-0.4, -0.2) is 85.1 Å². The van der Waals surface area contributed by atoms with E-state index >= 15 is 0 Å². The van der Waals surface area contributed by atoms with Gasteiger partial charge in [-0.15, -0.1) is 0 Å². The van der Waals surface area contributed by atoms with Gasteiger partial charge in [0, 0.05) is 44.7 Å². The van der Waals surface area contributed by atoms with Crippen LogP contribution in [0.2, 0.25) is 0 Å². The lowest BCUT2D eigenvalue weighted by molar-refractivity contribution is -0.143. The van der Waals surface area contributed by atoms with Gasteiger partial charge < -0.3 is 15.0 Å². The van der Waals surface area contributed by atoms with Crippen LogP contribution < -0.4 is 10.6 Å². The maximum atomic E-state index is 13.9. The number of nitrogens with one attached hydrogen (secondary N) is 2. The molecule has 182 valence electrons. The first-order valence-electron chi connectivity index (χ1n) is 11.5. The molecule has 33 heavy (non-hydrogen) atoms. The van der Waals surface area contributed by atoms with Crippen LogP contribution in [0.15, 0.2) is 18.2 Å². The monoisotopic (exact) mass is 468 g/mol. The number of alkyl halides is 2. The summed E-state index contributed by atoms with van der Waals surface area (Å²) in [5.74, 6) is -0.991. The third kappa shape index (κ3) is 5.85. The Morgan fingerprint density at radius 2 is 2.00 bits per heavy atom. The third-order valence-electron chi connectivity index (χ3n) is 6.73. The van der Waals surface area contributed by atoms with Crippen molar-refractivity contribution in [2.75, 3.05) is 32.8 Å². The maximum absolute atomic E-state index is 13.9. The first kappa shape index (κ1) is 24.0. The highest BCUT2D eigenvalue weighted by atomic mass is 19.1. The molecule has 2 N–H and O–H groups in total. The van der Waals surface area contributed by atoms with Crippen molar-refractivity contribution in [2.45, 2.75) is 63.3 Å². The number of carbonyl (C=O) groups excluding carboxylic acids is 2. The van der Waals surface area contributed by atoms with E-state index in [2.05, 4.69) is 15.5 Å². The predicted octanol–water partition coefficient (Wildman–Crippen LogP) is 1.30. The first-order chi connectivity index (χ1) is 15.8. The van der Waals surface area contributed by atoms with Gasteiger partial charge in [-0.05, 0) is 36.6 Å². The summed E-state index contributed by atoms with van der Waals surface area (Å²) < 4.78 is 46.9. The minimum Gasteiger partial charge on any atom is -0.379 e. The first-order valence-corrected chi connectivity index (χ1v) is 11.5. The van der Waals surface area contributed by atoms with Crippen LogP contribution in [0.1, 0.15) is 30.9 Å². The SMILES string of the molecule is C[C@@H](NC(=O)[C@@H](CN1CCOCC1)N1Cc2cc(F)ccc2CC1=O)C1CC(F)CC(F)N1. The molecule has 5 atom stereocenters. The molecule has 0 spiro atoms. The van der Waals surface area contributed by atoms with Crippen molar-refractivity contribution in [3.63, 3.8) is 0 Å². The summed E-state index contributed by atoms with van der Waals surface area (Å²) >= 11 is 0. The number of benzene rings is 1. The Morgan fingerprint density at radius 3 is 2.73 bits per heavy atom. The molecule has 4 rings (SSSR count). The molecule has 2 amide bonds. The highest BCUT2D eigenvalue weighted by Crippen LogP contribution is 2.24. The van der Waals surface area contributed by atoms with E-state index < -0.39 is 36.4 Å². The number of carbonyl (C=O) groups is 2. The van der Waals surface area contributed by atoms with Gasteiger partial charge in [0.05, 0.1) is 19.6 Å². The van der Waals surface area contributed by atoms with Crippen LogP contribution in [0, 0.1) is 5.82 Å². The molecule has 0 bridgehead atoms. The van der Waals surface area contributed by atoms with Crippen LogP contribution in [0.25, 0.3) is 0 Å². The molecule has 0 aliphatic carbocycles. The smallest absolute Gasteiger partial charge is 0.244 e. The molecule has 1 aromatic rings. The zero-order valence-electron chi connectivity index (χ0n) is 18.7. The van der Waals surface area contributed by atoms with Crippen molar-refractivity contribution >= 4 is 11.8 Å². The van der Waals surface area contributed by atoms with Crippen molar-refractivity contribution in [1.29, 1.82) is 0 Å². The number of morpholine rings is 1. The zero-order valence-corrected chi connectivity index (χ0v) is 18.7. The number of nitrogens with zero attached hydrogens (tertiary/aromatic N) is 2. The Labute approximate surface area is 191 Å². The highest BCUT2D eigenvalue weighted by molar-refractivity contribution is 5.89. The Hall–Kier alpha value is -2.17. The standard InChI is InChI=1S/C23H31F3N4O3/c1-14(19-10-18(25)11-21(26)28-19)27-23(32)20(13-29-4-6-33-7-5-29)30-12-16-8-17(24)3-2-15(16)9-22(30)31/h2-3,8,14,18-21,28H,4-7,9-13H2,1H3,(H,27,32)/t14-,18?,19?,20-,21?/m1/s1. The summed E-state index contributed by atoms with van der Waals surface area (Å²) in [4.78, 5) is 30.0. The highest BCUT2D eigenvalue weighted by Gasteiger charge is 2.37. The van der Waals surface area contributed by atoms with Crippen LogP contribution in [-0.2, 0) is 27.3 Å². The molecule has 3 heterocycles. The van der Waals surface area contributed by atoms with Gasteiger partial charge >= 0.3 is 0 Å². The molecular weight excluding hydrogens is 437 g/mol. The number of fused-ring (bicyclic) bond motifs is 1. The quantitative estimate of drug-likeness (QED) is 0.616. The van der Waals surface area contributed by atoms with Crippen molar-refractivity contribution < 1.29 is 27.5 Å². The number of halogens is 3. The largest absolute Gasteiger partial charge is 0.379 e. The van der Waals surface area contributed by atoms with Gasteiger partial charge in [0.15, 0.2) is 6.30 Å². The maximum Gasteiger partial charge on any atom is 0.244 e. The molecule has 7 nitrogen and oxygen atoms in total. The van der Waals surface area contributed by atoms with Crippen LogP contribution in [0.4, 0.5) is 13.2 Å². The van der Waals surface area contributed by atoms with E-state index in [1.807, 2.05) is 0 Å². The Morgan fingerprint density at radius 1 is 1.24 bits per heavy atom. The normalized spacial score (nSPS) is 28.2. The number of piperidine rings is 1. The van der Waals surface area contributed by atoms with Gasteiger partial charge in [-0.3, -0.25) is 19.8 Å². The summed E-state index contributed by atoms with van der Waals surface area (Å²) in [6.07, 6.45) is -2.74. The molecule has 10 heteroatoms. The molecule has 3 aliphatic rings. The number of hydrogen-bond acceptors (Lipinski definition) is 5. The average Bonchev–Trinajstić information content (AvgIpc) is 2.77. The molecule has 1 aromatic carbocycles. The number of hydrogen-bond donors (Lipinski definition) is 2. The van der Waals surface area contributed by atoms with Gasteiger partial charge in [0.2, 0.25) is 11.8 Å². The van der Waals surface area contributed by atoms with E-state index in [1.54, 1.807) is 13.0 Å². The zero-order chi connectivity index (χ0) is 23.5. The Balaban J connectivity index is 1.51. The average molecular weight is 469 g/mol. The van der Waals surface area contributed by atoms with Gasteiger partial charge in [-0.25, -0.2) is 13.2 Å². The minimum atomic E-state index is -1.46. The van der Waals surface area contributed by atoms with Crippen molar-refractivity contribution in [1.82, 2.24) is 20.4 Å². The lowest BCUT2D eigenvalue weighted by Crippen LogP contribution is -2.61. The van der Waals surface area contributed by atoms with Gasteiger partial charge in [0.25, 0.3) is 0 Å². The van der Waals surface area contributed by atoms with Gasteiger partial charge in [-0.2, -0.15) is 0 Å². The predicted molar refractivity (Wildman–Crippen MR) is 115 cm³/mol. The second-order valence-corrected chi connectivity index (χ2v) is 9.15. The van der Waals surface area contributed by atoms with Crippen LogP contribution in [0.5, 0.6) is 0 Å². The van der Waals surface area contributed by atoms with Crippen molar-refractivity contribution in [3.05, 3.63) is 35.1 Å². The lowest BCUT2D eigenvalue weighted by Gasteiger charge is -2.39. The van der Waals surface area contributed by atoms with E-state index in [4.69, 9.17) is 4.74 Å². The van der Waals surface area contributed by atoms with Crippen LogP contribution in [0.3, 0.4) is 0 Å². The molecule has 0 aromatic heterocycles. The number of rotatable bonds is 6. The Bertz CT molecular complexity index is 857. The summed E-state index contributed by atoms with van der Waals surface area (Å²) in [5.41, 5.74) is 1.43. The van der Waals surface area contributed by atoms with Gasteiger partial charge in [-0.1, -0.05) is 6.07 Å². The molecule has 2 saturated heterocycles. The summed E-state index contributed by atoms with van der Waals surface area (Å²) in [6.45, 7) is 4.46. The molecular formula is C23H31F3N4O3. The van der Waals surface area contributed by atoms with E-state index in [9.17, 15) is 22.8 Å². The van der Waals surface area contributed by atoms with E-state index in [1.165, 1.54) is 17.0 Å². The second-order valence-electron chi connectivity index (χ2n) is 9.15. The van der Waals surface area contributed by atoms with E-state index in [-0.39, 0.29) is 37.6 Å². The van der Waals surface area contributed by atoms with E-state index in [0.29, 0.717) is 38.4 Å². The fourth-order valence-corrected chi connectivity index (χ4v) is 4.82. The lowest BCUT2D eigenvalue weighted by atomic mass is 9.95. The topological polar surface area (TPSA) is 73.9 Å². The Kier molecular flexibility index (Phi) is 7.55. The minimum absolute atomic E-state index is 0.0926. The van der Waals surface area contributed by atoms with Gasteiger partial charge in [0.1, 0.15) is 18.0 Å². The molecule has 3 aliphatic heterocycles.